The average Bonchev–Trinajstić information content (AvgIpc) is 2.82. The third kappa shape index (κ3) is 1.15. The van der Waals surface area contributed by atoms with Gasteiger partial charge in [0.2, 0.25) is 0 Å². The first-order valence-electron chi connectivity index (χ1n) is 4.60. The topological polar surface area (TPSA) is 60.1 Å². The molecule has 15 heavy (non-hydrogen) atoms. The molecule has 0 spiro atoms. The lowest BCUT2D eigenvalue weighted by molar-refractivity contribution is 0.429. The number of aromatic nitrogens is 3. The molecule has 0 saturated carbocycles. The van der Waals surface area contributed by atoms with Crippen LogP contribution in [0.3, 0.4) is 0 Å². The lowest BCUT2D eigenvalue weighted by Gasteiger charge is -2.23. The van der Waals surface area contributed by atoms with Crippen molar-refractivity contribution in [3.05, 3.63) is 30.7 Å². The van der Waals surface area contributed by atoms with E-state index >= 15 is 0 Å². The van der Waals surface area contributed by atoms with Crippen molar-refractivity contribution in [2.24, 2.45) is 0 Å². The van der Waals surface area contributed by atoms with Gasteiger partial charge in [-0.3, -0.25) is 15.5 Å². The second-order valence-corrected chi connectivity index (χ2v) is 3.28. The van der Waals surface area contributed by atoms with Gasteiger partial charge in [-0.25, -0.2) is 5.01 Å². The van der Waals surface area contributed by atoms with Crippen LogP contribution in [0.4, 0.5) is 17.2 Å². The van der Waals surface area contributed by atoms with Crippen LogP contribution >= 0.6 is 0 Å². The molecule has 76 valence electrons. The zero-order chi connectivity index (χ0) is 10.3. The smallest absolute Gasteiger partial charge is 0.145 e. The first-order valence-corrected chi connectivity index (χ1v) is 4.60. The molecule has 0 atom stereocenters. The van der Waals surface area contributed by atoms with E-state index in [1.54, 1.807) is 18.6 Å². The monoisotopic (exact) mass is 202 g/mol. The third-order valence-corrected chi connectivity index (χ3v) is 2.32. The van der Waals surface area contributed by atoms with Crippen molar-refractivity contribution in [2.45, 2.75) is 0 Å². The molecule has 0 bridgehead atoms. The van der Waals surface area contributed by atoms with Gasteiger partial charge in [0.15, 0.2) is 0 Å². The molecule has 3 rings (SSSR count). The van der Waals surface area contributed by atoms with Gasteiger partial charge in [0.05, 0.1) is 23.8 Å². The number of pyridine rings is 1. The number of aromatic amines is 1. The zero-order valence-corrected chi connectivity index (χ0v) is 8.18. The van der Waals surface area contributed by atoms with Crippen molar-refractivity contribution in [3.8, 4) is 0 Å². The van der Waals surface area contributed by atoms with Gasteiger partial charge in [-0.15, -0.1) is 5.12 Å². The summed E-state index contributed by atoms with van der Waals surface area (Å²) < 4.78 is 0. The fourth-order valence-electron chi connectivity index (χ4n) is 1.70. The number of anilines is 3. The summed E-state index contributed by atoms with van der Waals surface area (Å²) in [5.74, 6) is 0.912. The van der Waals surface area contributed by atoms with Crippen LogP contribution in [0, 0.1) is 0 Å². The Labute approximate surface area is 86.5 Å². The molecular formula is C9H10N6. The molecule has 3 heterocycles. The predicted octanol–water partition coefficient (Wildman–Crippen LogP) is 1.13. The summed E-state index contributed by atoms with van der Waals surface area (Å²) in [4.78, 5) is 4.06. The molecule has 1 aliphatic heterocycles. The molecule has 0 unspecified atom stereocenters. The second kappa shape index (κ2) is 2.96. The minimum atomic E-state index is 0.912. The van der Waals surface area contributed by atoms with Crippen LogP contribution in [-0.2, 0) is 0 Å². The molecule has 2 aromatic rings. The highest BCUT2D eigenvalue weighted by atomic mass is 15.8. The van der Waals surface area contributed by atoms with Gasteiger partial charge in [-0.05, 0) is 6.07 Å². The standard InChI is InChI=1S/C9H10N6/c1-14-13-7-6-10-4-2-8(7)15(14)9-3-5-11-12-9/h2-6,13H,1H3,(H,11,12). The Kier molecular flexibility index (Phi) is 1.63. The van der Waals surface area contributed by atoms with Gasteiger partial charge >= 0.3 is 0 Å². The Morgan fingerprint density at radius 2 is 2.20 bits per heavy atom. The molecule has 6 nitrogen and oxygen atoms in total. The fraction of sp³-hybridized carbons (Fsp3) is 0.111. The van der Waals surface area contributed by atoms with Crippen molar-refractivity contribution in [1.82, 2.24) is 20.3 Å². The minimum Gasteiger partial charge on any atom is -0.297 e. The SMILES string of the molecule is CN1Nc2cnccc2N1c1ccn[nH]1. The van der Waals surface area contributed by atoms with E-state index < -0.39 is 0 Å². The zero-order valence-electron chi connectivity index (χ0n) is 8.18. The van der Waals surface area contributed by atoms with Crippen LogP contribution in [0.1, 0.15) is 0 Å². The number of H-pyrrole nitrogens is 1. The van der Waals surface area contributed by atoms with Crippen molar-refractivity contribution < 1.29 is 0 Å². The van der Waals surface area contributed by atoms with E-state index in [0.717, 1.165) is 17.2 Å². The molecule has 0 saturated heterocycles. The lowest BCUT2D eigenvalue weighted by Crippen LogP contribution is -2.34. The molecular weight excluding hydrogens is 192 g/mol. The molecule has 0 radical (unpaired) electrons. The quantitative estimate of drug-likeness (QED) is 0.726. The number of nitrogens with zero attached hydrogens (tertiary/aromatic N) is 4. The van der Waals surface area contributed by atoms with E-state index in [4.69, 9.17) is 0 Å². The Morgan fingerprint density at radius 1 is 1.27 bits per heavy atom. The summed E-state index contributed by atoms with van der Waals surface area (Å²) in [5.41, 5.74) is 5.22. The van der Waals surface area contributed by atoms with Gasteiger partial charge in [0, 0.05) is 19.3 Å². The first-order chi connectivity index (χ1) is 7.36. The number of hydrogen-bond acceptors (Lipinski definition) is 5. The van der Waals surface area contributed by atoms with Crippen LogP contribution in [0.15, 0.2) is 30.7 Å². The largest absolute Gasteiger partial charge is 0.297 e. The summed E-state index contributed by atoms with van der Waals surface area (Å²) in [6.45, 7) is 0. The molecule has 0 fully saturated rings. The number of rotatable bonds is 1. The van der Waals surface area contributed by atoms with Gasteiger partial charge in [-0.1, -0.05) is 0 Å². The fourth-order valence-corrected chi connectivity index (χ4v) is 1.70. The van der Waals surface area contributed by atoms with Crippen LogP contribution < -0.4 is 10.4 Å². The summed E-state index contributed by atoms with van der Waals surface area (Å²) >= 11 is 0. The molecule has 1 aliphatic rings. The Bertz CT molecular complexity index is 465. The van der Waals surface area contributed by atoms with Crippen molar-refractivity contribution in [2.75, 3.05) is 17.5 Å². The van der Waals surface area contributed by atoms with E-state index in [9.17, 15) is 0 Å². The maximum absolute atomic E-state index is 4.06. The van der Waals surface area contributed by atoms with Gasteiger partial charge in [-0.2, -0.15) is 5.10 Å². The van der Waals surface area contributed by atoms with Crippen molar-refractivity contribution >= 4 is 17.2 Å². The van der Waals surface area contributed by atoms with Crippen LogP contribution in [0.25, 0.3) is 0 Å². The second-order valence-electron chi connectivity index (χ2n) is 3.28. The summed E-state index contributed by atoms with van der Waals surface area (Å²) in [6, 6.07) is 3.86. The highest BCUT2D eigenvalue weighted by molar-refractivity contribution is 5.76. The number of hydrogen-bond donors (Lipinski definition) is 2. The van der Waals surface area contributed by atoms with E-state index in [0.29, 0.717) is 0 Å². The highest BCUT2D eigenvalue weighted by Gasteiger charge is 2.25. The summed E-state index contributed by atoms with van der Waals surface area (Å²) in [6.07, 6.45) is 5.29. The number of fused-ring (bicyclic) bond motifs is 1. The third-order valence-electron chi connectivity index (χ3n) is 2.32. The average molecular weight is 202 g/mol. The van der Waals surface area contributed by atoms with Crippen LogP contribution in [-0.4, -0.2) is 27.3 Å². The number of nitrogens with one attached hydrogen (secondary N) is 2. The van der Waals surface area contributed by atoms with Crippen LogP contribution in [0.5, 0.6) is 0 Å². The molecule has 2 N–H and O–H groups in total. The molecule has 0 aromatic carbocycles. The maximum atomic E-state index is 4.06. The highest BCUT2D eigenvalue weighted by Crippen LogP contribution is 2.36. The maximum Gasteiger partial charge on any atom is 0.145 e. The van der Waals surface area contributed by atoms with E-state index in [1.165, 1.54) is 0 Å². The molecule has 0 aliphatic carbocycles. The van der Waals surface area contributed by atoms with E-state index in [-0.39, 0.29) is 0 Å². The van der Waals surface area contributed by atoms with E-state index in [1.807, 2.05) is 29.3 Å². The molecule has 0 amide bonds. The normalized spacial score (nSPS) is 15.1. The Hall–Kier alpha value is -2.08. The number of hydrazine groups is 2. The molecule has 6 heteroatoms. The lowest BCUT2D eigenvalue weighted by atomic mass is 10.3. The Balaban J connectivity index is 2.10. The summed E-state index contributed by atoms with van der Waals surface area (Å²) in [5, 5.41) is 10.7. The van der Waals surface area contributed by atoms with Gasteiger partial charge in [0.25, 0.3) is 0 Å². The van der Waals surface area contributed by atoms with Crippen molar-refractivity contribution in [1.29, 1.82) is 0 Å². The van der Waals surface area contributed by atoms with Gasteiger partial charge < -0.3 is 0 Å². The minimum absolute atomic E-state index is 0.912. The first kappa shape index (κ1) is 8.25. The molecule has 2 aromatic heterocycles. The van der Waals surface area contributed by atoms with Crippen molar-refractivity contribution in [3.63, 3.8) is 0 Å². The summed E-state index contributed by atoms with van der Waals surface area (Å²) in [7, 11) is 1.93. The predicted molar refractivity (Wildman–Crippen MR) is 56.3 cm³/mol. The van der Waals surface area contributed by atoms with E-state index in [2.05, 4.69) is 20.6 Å². The van der Waals surface area contributed by atoms with Crippen LogP contribution in [0.2, 0.25) is 0 Å². The Morgan fingerprint density at radius 3 is 3.00 bits per heavy atom. The van der Waals surface area contributed by atoms with Gasteiger partial charge in [0.1, 0.15) is 5.82 Å².